The first kappa shape index (κ1) is 17.3. The molecular weight excluding hydrogens is 238 g/mol. The monoisotopic (exact) mass is 264 g/mol. The van der Waals surface area contributed by atoms with E-state index in [4.69, 9.17) is 5.11 Å². The van der Waals surface area contributed by atoms with Gasteiger partial charge >= 0.3 is 5.97 Å². The van der Waals surface area contributed by atoms with Crippen molar-refractivity contribution in [3.8, 4) is 0 Å². The van der Waals surface area contributed by atoms with Gasteiger partial charge in [0.1, 0.15) is 0 Å². The maximum absolute atomic E-state index is 13.1. The highest BCUT2D eigenvalue weighted by atomic mass is 19.3. The van der Waals surface area contributed by atoms with Crippen molar-refractivity contribution in [3.05, 3.63) is 0 Å². The molecule has 0 amide bonds. The number of hydrogen-bond acceptors (Lipinski definition) is 1. The van der Waals surface area contributed by atoms with Crippen molar-refractivity contribution in [3.63, 3.8) is 0 Å². The van der Waals surface area contributed by atoms with Crippen molar-refractivity contribution >= 4 is 5.97 Å². The number of alkyl halides is 2. The molecule has 0 rings (SSSR count). The van der Waals surface area contributed by atoms with E-state index in [-0.39, 0.29) is 19.3 Å². The fraction of sp³-hybridized carbons (Fsp3) is 0.929. The van der Waals surface area contributed by atoms with E-state index in [0.29, 0.717) is 12.8 Å². The zero-order valence-electron chi connectivity index (χ0n) is 11.4. The lowest BCUT2D eigenvalue weighted by Crippen LogP contribution is -2.14. The Balaban J connectivity index is 3.23. The highest BCUT2D eigenvalue weighted by Crippen LogP contribution is 2.27. The van der Waals surface area contributed by atoms with Gasteiger partial charge in [-0.05, 0) is 12.8 Å². The number of carboxylic acid groups (broad SMARTS) is 1. The van der Waals surface area contributed by atoms with Crippen LogP contribution in [0.3, 0.4) is 0 Å². The predicted molar refractivity (Wildman–Crippen MR) is 69.0 cm³/mol. The fourth-order valence-corrected chi connectivity index (χ4v) is 2.03. The van der Waals surface area contributed by atoms with Crippen LogP contribution in [-0.4, -0.2) is 17.0 Å². The van der Waals surface area contributed by atoms with E-state index in [9.17, 15) is 13.6 Å². The minimum absolute atomic E-state index is 0.00217. The Kier molecular flexibility index (Phi) is 9.89. The molecule has 4 heteroatoms. The van der Waals surface area contributed by atoms with Crippen LogP contribution in [0.1, 0.15) is 77.6 Å². The number of aliphatic carboxylic acids is 1. The van der Waals surface area contributed by atoms with Gasteiger partial charge in [-0.3, -0.25) is 4.79 Å². The van der Waals surface area contributed by atoms with Crippen LogP contribution >= 0.6 is 0 Å². The number of carboxylic acids is 1. The molecule has 0 unspecified atom stereocenters. The summed E-state index contributed by atoms with van der Waals surface area (Å²) in [7, 11) is 0. The molecule has 2 nitrogen and oxygen atoms in total. The Morgan fingerprint density at radius 1 is 0.944 bits per heavy atom. The zero-order valence-corrected chi connectivity index (χ0v) is 11.4. The van der Waals surface area contributed by atoms with Gasteiger partial charge in [-0.15, -0.1) is 0 Å². The van der Waals surface area contributed by atoms with Crippen LogP contribution in [0.15, 0.2) is 0 Å². The second-order valence-electron chi connectivity index (χ2n) is 4.97. The van der Waals surface area contributed by atoms with Crippen LogP contribution in [0.25, 0.3) is 0 Å². The zero-order chi connectivity index (χ0) is 13.9. The molecule has 0 fully saturated rings. The Bertz CT molecular complexity index is 218. The Labute approximate surface area is 109 Å². The normalized spacial score (nSPS) is 11.7. The summed E-state index contributed by atoms with van der Waals surface area (Å²) in [6.45, 7) is 1.78. The SMILES string of the molecule is CCCC(F)(F)CCCCCCCCCC(=O)O. The summed E-state index contributed by atoms with van der Waals surface area (Å²) in [5.74, 6) is -3.22. The van der Waals surface area contributed by atoms with Gasteiger partial charge in [0, 0.05) is 19.3 Å². The van der Waals surface area contributed by atoms with E-state index in [1.54, 1.807) is 6.92 Å². The number of carbonyl (C=O) groups is 1. The lowest BCUT2D eigenvalue weighted by atomic mass is 10.0. The molecule has 18 heavy (non-hydrogen) atoms. The molecule has 0 atom stereocenters. The summed E-state index contributed by atoms with van der Waals surface area (Å²) in [6, 6.07) is 0. The molecule has 0 aliphatic rings. The standard InChI is InChI=1S/C14H26F2O2/c1-2-11-14(15,16)12-9-7-5-3-4-6-8-10-13(17)18/h2-12H2,1H3,(H,17,18). The first-order chi connectivity index (χ1) is 8.48. The van der Waals surface area contributed by atoms with Gasteiger partial charge in [0.2, 0.25) is 5.92 Å². The van der Waals surface area contributed by atoms with Crippen LogP contribution in [0, 0.1) is 0 Å². The lowest BCUT2D eigenvalue weighted by Gasteiger charge is -2.14. The van der Waals surface area contributed by atoms with Gasteiger partial charge in [0.25, 0.3) is 0 Å². The Morgan fingerprint density at radius 2 is 1.44 bits per heavy atom. The molecule has 0 bridgehead atoms. The second kappa shape index (κ2) is 10.3. The van der Waals surface area contributed by atoms with E-state index in [2.05, 4.69) is 0 Å². The molecular formula is C14H26F2O2. The molecule has 0 spiro atoms. The van der Waals surface area contributed by atoms with Crippen molar-refractivity contribution < 1.29 is 18.7 Å². The third-order valence-corrected chi connectivity index (χ3v) is 3.05. The van der Waals surface area contributed by atoms with Crippen molar-refractivity contribution in [1.82, 2.24) is 0 Å². The first-order valence-electron chi connectivity index (χ1n) is 7.07. The average Bonchev–Trinajstić information content (AvgIpc) is 2.26. The van der Waals surface area contributed by atoms with Gasteiger partial charge < -0.3 is 5.11 Å². The van der Waals surface area contributed by atoms with Gasteiger partial charge in [-0.2, -0.15) is 0 Å². The first-order valence-corrected chi connectivity index (χ1v) is 7.07. The van der Waals surface area contributed by atoms with Crippen LogP contribution in [0.5, 0.6) is 0 Å². The molecule has 108 valence electrons. The van der Waals surface area contributed by atoms with E-state index < -0.39 is 11.9 Å². The maximum Gasteiger partial charge on any atom is 0.303 e. The third kappa shape index (κ3) is 11.8. The number of rotatable bonds is 12. The van der Waals surface area contributed by atoms with Gasteiger partial charge in [0.05, 0.1) is 0 Å². The lowest BCUT2D eigenvalue weighted by molar-refractivity contribution is -0.137. The topological polar surface area (TPSA) is 37.3 Å². The van der Waals surface area contributed by atoms with Crippen molar-refractivity contribution in [2.24, 2.45) is 0 Å². The van der Waals surface area contributed by atoms with Crippen LogP contribution in [-0.2, 0) is 4.79 Å². The summed E-state index contributed by atoms with van der Waals surface area (Å²) in [5.41, 5.74) is 0. The summed E-state index contributed by atoms with van der Waals surface area (Å²) in [5, 5.41) is 8.44. The highest BCUT2D eigenvalue weighted by Gasteiger charge is 2.26. The third-order valence-electron chi connectivity index (χ3n) is 3.05. The Morgan fingerprint density at radius 3 is 1.94 bits per heavy atom. The van der Waals surface area contributed by atoms with Crippen LogP contribution < -0.4 is 0 Å². The molecule has 0 radical (unpaired) electrons. The van der Waals surface area contributed by atoms with Crippen LogP contribution in [0.2, 0.25) is 0 Å². The molecule has 0 heterocycles. The van der Waals surface area contributed by atoms with Crippen molar-refractivity contribution in [1.29, 1.82) is 0 Å². The molecule has 0 aliphatic heterocycles. The van der Waals surface area contributed by atoms with E-state index in [1.165, 1.54) is 0 Å². The molecule has 0 saturated heterocycles. The second-order valence-corrected chi connectivity index (χ2v) is 4.97. The molecule has 0 aliphatic carbocycles. The maximum atomic E-state index is 13.1. The molecule has 1 N–H and O–H groups in total. The molecule has 0 saturated carbocycles. The summed E-state index contributed by atoms with van der Waals surface area (Å²) in [6.07, 6.45) is 6.93. The minimum atomic E-state index is -2.48. The smallest absolute Gasteiger partial charge is 0.303 e. The number of hydrogen-bond donors (Lipinski definition) is 1. The molecule has 0 aromatic carbocycles. The summed E-state index contributed by atoms with van der Waals surface area (Å²) >= 11 is 0. The van der Waals surface area contributed by atoms with Gasteiger partial charge in [-0.1, -0.05) is 45.4 Å². The highest BCUT2D eigenvalue weighted by molar-refractivity contribution is 5.66. The molecule has 0 aromatic heterocycles. The van der Waals surface area contributed by atoms with Gasteiger partial charge in [-0.25, -0.2) is 8.78 Å². The number of halogens is 2. The summed E-state index contributed by atoms with van der Waals surface area (Å²) < 4.78 is 26.2. The Hall–Kier alpha value is -0.670. The average molecular weight is 264 g/mol. The molecule has 0 aromatic rings. The summed E-state index contributed by atoms with van der Waals surface area (Å²) in [4.78, 5) is 10.2. The minimum Gasteiger partial charge on any atom is -0.481 e. The van der Waals surface area contributed by atoms with Gasteiger partial charge in [0.15, 0.2) is 0 Å². The quantitative estimate of drug-likeness (QED) is 0.503. The number of unbranched alkanes of at least 4 members (excludes halogenated alkanes) is 6. The van der Waals surface area contributed by atoms with E-state index >= 15 is 0 Å². The fourth-order valence-electron chi connectivity index (χ4n) is 2.03. The van der Waals surface area contributed by atoms with E-state index in [0.717, 1.165) is 38.5 Å². The van der Waals surface area contributed by atoms with Crippen LogP contribution in [0.4, 0.5) is 8.78 Å². The van der Waals surface area contributed by atoms with E-state index in [1.807, 2.05) is 0 Å². The predicted octanol–water partition coefficient (Wildman–Crippen LogP) is 5.02. The largest absolute Gasteiger partial charge is 0.481 e. The van der Waals surface area contributed by atoms with Crippen molar-refractivity contribution in [2.45, 2.75) is 83.5 Å². The van der Waals surface area contributed by atoms with Crippen molar-refractivity contribution in [2.75, 3.05) is 0 Å².